The lowest BCUT2D eigenvalue weighted by Gasteiger charge is -2.16. The van der Waals surface area contributed by atoms with E-state index in [1.54, 1.807) is 23.0 Å². The van der Waals surface area contributed by atoms with E-state index < -0.39 is 0 Å². The number of aromatic nitrogens is 2. The lowest BCUT2D eigenvalue weighted by atomic mass is 10.2. The summed E-state index contributed by atoms with van der Waals surface area (Å²) in [5.74, 6) is 0.394. The standard InChI is InChI=1S/C23H24ClN3O3/c1-15-8-9-21(22(11-15)30-14-19-7-4-10-29-19)26-23(28)20-13-25-27(16(20)2)18-6-3-5-17(24)12-18/h3,5-6,8-9,11-13,19H,4,7,10,14H2,1-2H3,(H,26,28). The zero-order chi connectivity index (χ0) is 21.1. The van der Waals surface area contributed by atoms with Crippen molar-refractivity contribution in [1.82, 2.24) is 9.78 Å². The molecule has 1 fully saturated rings. The smallest absolute Gasteiger partial charge is 0.259 e. The Bertz CT molecular complexity index is 1060. The number of amides is 1. The van der Waals surface area contributed by atoms with E-state index in [0.29, 0.717) is 28.6 Å². The van der Waals surface area contributed by atoms with Crippen LogP contribution in [-0.2, 0) is 4.74 Å². The van der Waals surface area contributed by atoms with Gasteiger partial charge in [-0.2, -0.15) is 5.10 Å². The van der Waals surface area contributed by atoms with Gasteiger partial charge in [0.1, 0.15) is 12.4 Å². The predicted octanol–water partition coefficient (Wildman–Crippen LogP) is 4.95. The van der Waals surface area contributed by atoms with E-state index in [9.17, 15) is 4.79 Å². The van der Waals surface area contributed by atoms with Crippen LogP contribution < -0.4 is 10.1 Å². The number of rotatable bonds is 6. The van der Waals surface area contributed by atoms with Crippen LogP contribution in [0.25, 0.3) is 5.69 Å². The molecule has 0 radical (unpaired) electrons. The third kappa shape index (κ3) is 4.50. The minimum absolute atomic E-state index is 0.104. The van der Waals surface area contributed by atoms with Crippen molar-refractivity contribution in [3.8, 4) is 11.4 Å². The van der Waals surface area contributed by atoms with Gasteiger partial charge in [-0.05, 0) is 62.6 Å². The summed E-state index contributed by atoms with van der Waals surface area (Å²) in [6.07, 6.45) is 3.72. The van der Waals surface area contributed by atoms with E-state index in [1.165, 1.54) is 0 Å². The first-order chi connectivity index (χ1) is 14.5. The molecule has 1 aliphatic heterocycles. The Labute approximate surface area is 180 Å². The van der Waals surface area contributed by atoms with Crippen LogP contribution in [0.5, 0.6) is 5.75 Å². The molecular formula is C23H24ClN3O3. The molecule has 30 heavy (non-hydrogen) atoms. The monoisotopic (exact) mass is 425 g/mol. The van der Waals surface area contributed by atoms with Crippen LogP contribution in [-0.4, -0.2) is 35.0 Å². The van der Waals surface area contributed by atoms with Crippen LogP contribution in [0.2, 0.25) is 5.02 Å². The van der Waals surface area contributed by atoms with Crippen LogP contribution in [0.15, 0.2) is 48.7 Å². The first-order valence-electron chi connectivity index (χ1n) is 9.98. The van der Waals surface area contributed by atoms with Gasteiger partial charge in [-0.3, -0.25) is 4.79 Å². The number of benzene rings is 2. The second-order valence-corrected chi connectivity index (χ2v) is 7.87. The number of ether oxygens (including phenoxy) is 2. The Balaban J connectivity index is 1.53. The molecule has 0 saturated carbocycles. The van der Waals surface area contributed by atoms with E-state index in [2.05, 4.69) is 10.4 Å². The Morgan fingerprint density at radius 1 is 1.30 bits per heavy atom. The maximum atomic E-state index is 13.0. The Morgan fingerprint density at radius 2 is 2.17 bits per heavy atom. The Morgan fingerprint density at radius 3 is 2.93 bits per heavy atom. The SMILES string of the molecule is Cc1ccc(NC(=O)c2cnn(-c3cccc(Cl)c3)c2C)c(OCC2CCCO2)c1. The second kappa shape index (κ2) is 8.90. The molecule has 0 bridgehead atoms. The van der Waals surface area contributed by atoms with Gasteiger partial charge in [0.15, 0.2) is 0 Å². The fourth-order valence-corrected chi connectivity index (χ4v) is 3.69. The molecule has 1 atom stereocenters. The van der Waals surface area contributed by atoms with E-state index in [0.717, 1.165) is 36.4 Å². The van der Waals surface area contributed by atoms with Gasteiger partial charge in [-0.15, -0.1) is 0 Å². The molecule has 1 unspecified atom stereocenters. The number of nitrogens with zero attached hydrogens (tertiary/aromatic N) is 2. The number of hydrogen-bond acceptors (Lipinski definition) is 4. The first kappa shape index (κ1) is 20.4. The van der Waals surface area contributed by atoms with Crippen molar-refractivity contribution in [2.75, 3.05) is 18.5 Å². The van der Waals surface area contributed by atoms with Gasteiger partial charge < -0.3 is 14.8 Å². The number of nitrogens with one attached hydrogen (secondary N) is 1. The summed E-state index contributed by atoms with van der Waals surface area (Å²) in [6.45, 7) is 5.09. The minimum Gasteiger partial charge on any atom is -0.489 e. The van der Waals surface area contributed by atoms with Crippen molar-refractivity contribution >= 4 is 23.2 Å². The summed E-state index contributed by atoms with van der Waals surface area (Å²) in [6, 6.07) is 13.1. The molecule has 1 aromatic heterocycles. The zero-order valence-electron chi connectivity index (χ0n) is 17.0. The van der Waals surface area contributed by atoms with Gasteiger partial charge in [0, 0.05) is 11.6 Å². The predicted molar refractivity (Wildman–Crippen MR) is 117 cm³/mol. The van der Waals surface area contributed by atoms with Crippen LogP contribution in [0.1, 0.15) is 34.5 Å². The normalized spacial score (nSPS) is 15.9. The molecule has 1 saturated heterocycles. The number of carbonyl (C=O) groups excluding carboxylic acids is 1. The highest BCUT2D eigenvalue weighted by molar-refractivity contribution is 6.30. The highest BCUT2D eigenvalue weighted by Crippen LogP contribution is 2.28. The number of halogens is 1. The quantitative estimate of drug-likeness (QED) is 0.606. The minimum atomic E-state index is -0.244. The Hall–Kier alpha value is -2.83. The molecule has 6 nitrogen and oxygen atoms in total. The molecule has 7 heteroatoms. The fourth-order valence-electron chi connectivity index (χ4n) is 3.50. The average molecular weight is 426 g/mol. The number of anilines is 1. The molecule has 0 aliphatic carbocycles. The summed E-state index contributed by atoms with van der Waals surface area (Å²) >= 11 is 6.09. The van der Waals surface area contributed by atoms with Crippen LogP contribution in [0.4, 0.5) is 5.69 Å². The van der Waals surface area contributed by atoms with Crippen molar-refractivity contribution in [1.29, 1.82) is 0 Å². The molecule has 1 N–H and O–H groups in total. The van der Waals surface area contributed by atoms with E-state index >= 15 is 0 Å². The van der Waals surface area contributed by atoms with Crippen molar-refractivity contribution in [2.45, 2.75) is 32.8 Å². The molecule has 156 valence electrons. The average Bonchev–Trinajstić information content (AvgIpc) is 3.37. The van der Waals surface area contributed by atoms with Crippen LogP contribution in [0, 0.1) is 13.8 Å². The maximum Gasteiger partial charge on any atom is 0.259 e. The van der Waals surface area contributed by atoms with Gasteiger partial charge in [0.05, 0.1) is 34.9 Å². The van der Waals surface area contributed by atoms with Gasteiger partial charge in [0.2, 0.25) is 0 Å². The third-order valence-corrected chi connectivity index (χ3v) is 5.38. The summed E-state index contributed by atoms with van der Waals surface area (Å²) in [7, 11) is 0. The van der Waals surface area contributed by atoms with E-state index in [-0.39, 0.29) is 12.0 Å². The van der Waals surface area contributed by atoms with Gasteiger partial charge in [-0.25, -0.2) is 4.68 Å². The number of aryl methyl sites for hydroxylation is 1. The lowest BCUT2D eigenvalue weighted by molar-refractivity contribution is 0.0681. The molecular weight excluding hydrogens is 402 g/mol. The third-order valence-electron chi connectivity index (χ3n) is 5.14. The van der Waals surface area contributed by atoms with Crippen molar-refractivity contribution < 1.29 is 14.3 Å². The summed E-state index contributed by atoms with van der Waals surface area (Å²) in [5, 5.41) is 7.94. The first-order valence-corrected chi connectivity index (χ1v) is 10.4. The van der Waals surface area contributed by atoms with Crippen molar-refractivity contribution in [3.63, 3.8) is 0 Å². The van der Waals surface area contributed by atoms with Crippen molar-refractivity contribution in [3.05, 3.63) is 70.5 Å². The zero-order valence-corrected chi connectivity index (χ0v) is 17.8. The highest BCUT2D eigenvalue weighted by Gasteiger charge is 2.19. The number of hydrogen-bond donors (Lipinski definition) is 1. The van der Waals surface area contributed by atoms with Crippen molar-refractivity contribution in [2.24, 2.45) is 0 Å². The number of carbonyl (C=O) groups is 1. The lowest BCUT2D eigenvalue weighted by Crippen LogP contribution is -2.18. The largest absolute Gasteiger partial charge is 0.489 e. The summed E-state index contributed by atoms with van der Waals surface area (Å²) in [5.41, 5.74) is 3.69. The topological polar surface area (TPSA) is 65.4 Å². The van der Waals surface area contributed by atoms with E-state index in [4.69, 9.17) is 21.1 Å². The molecule has 0 spiro atoms. The maximum absolute atomic E-state index is 13.0. The van der Waals surface area contributed by atoms with Gasteiger partial charge in [-0.1, -0.05) is 23.7 Å². The molecule has 3 aromatic rings. The van der Waals surface area contributed by atoms with Crippen LogP contribution in [0.3, 0.4) is 0 Å². The second-order valence-electron chi connectivity index (χ2n) is 7.44. The van der Waals surface area contributed by atoms with Crippen LogP contribution >= 0.6 is 11.6 Å². The van der Waals surface area contributed by atoms with Gasteiger partial charge >= 0.3 is 0 Å². The highest BCUT2D eigenvalue weighted by atomic mass is 35.5. The molecule has 2 aromatic carbocycles. The van der Waals surface area contributed by atoms with E-state index in [1.807, 2.05) is 44.2 Å². The fraction of sp³-hybridized carbons (Fsp3) is 0.304. The molecule has 2 heterocycles. The van der Waals surface area contributed by atoms with Gasteiger partial charge in [0.25, 0.3) is 5.91 Å². The summed E-state index contributed by atoms with van der Waals surface area (Å²) < 4.78 is 13.3. The summed E-state index contributed by atoms with van der Waals surface area (Å²) in [4.78, 5) is 13.0. The molecule has 4 rings (SSSR count). The Kier molecular flexibility index (Phi) is 6.06. The molecule has 1 amide bonds. The molecule has 1 aliphatic rings.